The molecule has 7 heteroatoms. The standard InChI is InChI=1S/C22H27NO6/c1-14-11-17(25)20(28)21(29-14)22(9-3-2-4-10-22)12-19(27)23-13-18(26)15-5-7-16(24)8-6-15/h5-8,11,18,24,26,28H,2-4,9-10,12-13H2,1H3,(H,23,27). The number of phenols is 1. The summed E-state index contributed by atoms with van der Waals surface area (Å²) in [6.07, 6.45) is 3.21. The molecule has 4 N–H and O–H groups in total. The summed E-state index contributed by atoms with van der Waals surface area (Å²) in [5, 5.41) is 32.7. The number of phenolic OH excluding ortho intramolecular Hbond substituents is 1. The van der Waals surface area contributed by atoms with Gasteiger partial charge in [0, 0.05) is 24.4 Å². The molecule has 1 atom stereocenters. The van der Waals surface area contributed by atoms with Crippen molar-refractivity contribution in [1.82, 2.24) is 5.32 Å². The second-order valence-corrected chi connectivity index (χ2v) is 7.83. The molecule has 7 nitrogen and oxygen atoms in total. The van der Waals surface area contributed by atoms with Crippen molar-refractivity contribution in [2.24, 2.45) is 0 Å². The van der Waals surface area contributed by atoms with E-state index in [9.17, 15) is 24.9 Å². The van der Waals surface area contributed by atoms with Gasteiger partial charge in [-0.15, -0.1) is 0 Å². The summed E-state index contributed by atoms with van der Waals surface area (Å²) in [6, 6.07) is 7.37. The number of carbonyl (C=O) groups is 1. The van der Waals surface area contributed by atoms with Gasteiger partial charge < -0.3 is 25.1 Å². The van der Waals surface area contributed by atoms with Crippen LogP contribution in [-0.2, 0) is 10.2 Å². The van der Waals surface area contributed by atoms with Crippen molar-refractivity contribution in [3.05, 3.63) is 57.6 Å². The lowest BCUT2D eigenvalue weighted by Gasteiger charge is -2.36. The third kappa shape index (κ3) is 4.79. The summed E-state index contributed by atoms with van der Waals surface area (Å²) in [7, 11) is 0. The first-order chi connectivity index (χ1) is 13.8. The summed E-state index contributed by atoms with van der Waals surface area (Å²) in [6.45, 7) is 1.67. The van der Waals surface area contributed by atoms with Crippen LogP contribution in [0, 0.1) is 6.92 Å². The summed E-state index contributed by atoms with van der Waals surface area (Å²) in [5.74, 6) is -0.0151. The molecule has 1 aliphatic carbocycles. The Morgan fingerprint density at radius 1 is 1.17 bits per heavy atom. The Morgan fingerprint density at radius 2 is 1.83 bits per heavy atom. The molecular formula is C22H27NO6. The molecule has 1 aromatic carbocycles. The Morgan fingerprint density at radius 3 is 2.48 bits per heavy atom. The number of aryl methyl sites for hydroxylation is 1. The van der Waals surface area contributed by atoms with Gasteiger partial charge in [-0.05, 0) is 37.5 Å². The number of aliphatic hydroxyl groups is 1. The van der Waals surface area contributed by atoms with Crippen molar-refractivity contribution in [2.45, 2.75) is 57.0 Å². The van der Waals surface area contributed by atoms with E-state index in [1.54, 1.807) is 19.1 Å². The van der Waals surface area contributed by atoms with E-state index in [-0.39, 0.29) is 30.4 Å². The van der Waals surface area contributed by atoms with Crippen LogP contribution in [0.15, 0.2) is 39.5 Å². The average Bonchev–Trinajstić information content (AvgIpc) is 2.70. The number of benzene rings is 1. The van der Waals surface area contributed by atoms with Gasteiger partial charge in [0.2, 0.25) is 17.1 Å². The molecule has 0 spiro atoms. The maximum Gasteiger partial charge on any atom is 0.227 e. The van der Waals surface area contributed by atoms with Gasteiger partial charge in [-0.25, -0.2) is 0 Å². The van der Waals surface area contributed by atoms with Crippen LogP contribution in [0.25, 0.3) is 0 Å². The van der Waals surface area contributed by atoms with E-state index in [1.165, 1.54) is 18.2 Å². The third-order valence-corrected chi connectivity index (χ3v) is 5.61. The fourth-order valence-corrected chi connectivity index (χ4v) is 4.07. The number of hydrogen-bond donors (Lipinski definition) is 4. The lowest BCUT2D eigenvalue weighted by atomic mass is 9.69. The normalized spacial score (nSPS) is 16.9. The van der Waals surface area contributed by atoms with E-state index in [4.69, 9.17) is 4.42 Å². The van der Waals surface area contributed by atoms with Crippen LogP contribution in [0.3, 0.4) is 0 Å². The number of aromatic hydroxyl groups is 2. The van der Waals surface area contributed by atoms with Crippen molar-refractivity contribution in [2.75, 3.05) is 6.54 Å². The van der Waals surface area contributed by atoms with E-state index in [1.807, 2.05) is 0 Å². The van der Waals surface area contributed by atoms with E-state index in [2.05, 4.69) is 5.32 Å². The van der Waals surface area contributed by atoms with Crippen LogP contribution in [0.5, 0.6) is 11.5 Å². The SMILES string of the molecule is Cc1cc(=O)c(O)c(C2(CC(=O)NCC(O)c3ccc(O)cc3)CCCCC2)o1. The van der Waals surface area contributed by atoms with Gasteiger partial charge in [0.1, 0.15) is 11.5 Å². The Balaban J connectivity index is 1.74. The number of aliphatic hydroxyl groups excluding tert-OH is 1. The number of hydrogen-bond acceptors (Lipinski definition) is 6. The monoisotopic (exact) mass is 401 g/mol. The molecule has 1 aromatic heterocycles. The maximum atomic E-state index is 12.7. The van der Waals surface area contributed by atoms with Gasteiger partial charge in [0.15, 0.2) is 5.76 Å². The minimum Gasteiger partial charge on any atom is -0.508 e. The third-order valence-electron chi connectivity index (χ3n) is 5.61. The fraction of sp³-hybridized carbons (Fsp3) is 0.455. The minimum absolute atomic E-state index is 0.0173. The summed E-state index contributed by atoms with van der Waals surface area (Å²) < 4.78 is 5.74. The van der Waals surface area contributed by atoms with Crippen LogP contribution in [-0.4, -0.2) is 27.8 Å². The van der Waals surface area contributed by atoms with Gasteiger partial charge in [0.05, 0.1) is 6.10 Å². The first-order valence-corrected chi connectivity index (χ1v) is 9.89. The van der Waals surface area contributed by atoms with Crippen LogP contribution in [0.4, 0.5) is 0 Å². The molecule has 1 unspecified atom stereocenters. The van der Waals surface area contributed by atoms with Gasteiger partial charge >= 0.3 is 0 Å². The molecule has 1 amide bonds. The number of nitrogens with one attached hydrogen (secondary N) is 1. The smallest absolute Gasteiger partial charge is 0.227 e. The summed E-state index contributed by atoms with van der Waals surface area (Å²) in [4.78, 5) is 24.8. The Labute approximate surface area is 169 Å². The molecule has 29 heavy (non-hydrogen) atoms. The lowest BCUT2D eigenvalue weighted by molar-refractivity contribution is -0.123. The minimum atomic E-state index is -0.910. The van der Waals surface area contributed by atoms with Crippen molar-refractivity contribution in [3.8, 4) is 11.5 Å². The number of rotatable bonds is 6. The maximum absolute atomic E-state index is 12.7. The zero-order valence-corrected chi connectivity index (χ0v) is 16.5. The molecule has 1 saturated carbocycles. The van der Waals surface area contributed by atoms with Crippen molar-refractivity contribution >= 4 is 5.91 Å². The highest BCUT2D eigenvalue weighted by Crippen LogP contribution is 2.44. The number of carbonyl (C=O) groups excluding carboxylic acids is 1. The van der Waals surface area contributed by atoms with Crippen molar-refractivity contribution in [3.63, 3.8) is 0 Å². The highest BCUT2D eigenvalue weighted by atomic mass is 16.4. The second-order valence-electron chi connectivity index (χ2n) is 7.83. The highest BCUT2D eigenvalue weighted by Gasteiger charge is 2.41. The van der Waals surface area contributed by atoms with Gasteiger partial charge in [-0.1, -0.05) is 31.4 Å². The first-order valence-electron chi connectivity index (χ1n) is 9.89. The topological polar surface area (TPSA) is 120 Å². The predicted molar refractivity (Wildman–Crippen MR) is 107 cm³/mol. The largest absolute Gasteiger partial charge is 0.508 e. The van der Waals surface area contributed by atoms with Crippen LogP contribution in [0.1, 0.15) is 61.7 Å². The van der Waals surface area contributed by atoms with E-state index in [0.717, 1.165) is 19.3 Å². The van der Waals surface area contributed by atoms with E-state index < -0.39 is 22.7 Å². The van der Waals surface area contributed by atoms with Crippen molar-refractivity contribution < 1.29 is 24.5 Å². The van der Waals surface area contributed by atoms with Gasteiger partial charge in [0.25, 0.3) is 0 Å². The Kier molecular flexibility index (Phi) is 6.27. The Bertz CT molecular complexity index is 912. The fourth-order valence-electron chi connectivity index (χ4n) is 4.07. The number of amides is 1. The molecule has 3 rings (SSSR count). The quantitative estimate of drug-likeness (QED) is 0.591. The molecule has 1 aliphatic rings. The molecule has 0 aliphatic heterocycles. The second kappa shape index (κ2) is 8.69. The van der Waals surface area contributed by atoms with E-state index >= 15 is 0 Å². The Hall–Kier alpha value is -2.80. The predicted octanol–water partition coefficient (Wildman–Crippen LogP) is 2.80. The van der Waals surface area contributed by atoms with Gasteiger partial charge in [-0.2, -0.15) is 0 Å². The average molecular weight is 401 g/mol. The van der Waals surface area contributed by atoms with E-state index in [0.29, 0.717) is 24.2 Å². The molecule has 0 radical (unpaired) electrons. The highest BCUT2D eigenvalue weighted by molar-refractivity contribution is 5.77. The lowest BCUT2D eigenvalue weighted by Crippen LogP contribution is -2.38. The first kappa shape index (κ1) is 20.9. The van der Waals surface area contributed by atoms with Crippen LogP contribution >= 0.6 is 0 Å². The zero-order valence-electron chi connectivity index (χ0n) is 16.5. The molecule has 1 heterocycles. The van der Waals surface area contributed by atoms with Crippen LogP contribution < -0.4 is 10.7 Å². The zero-order chi connectivity index (χ0) is 21.0. The van der Waals surface area contributed by atoms with Crippen molar-refractivity contribution in [1.29, 1.82) is 0 Å². The summed E-state index contributed by atoms with van der Waals surface area (Å²) in [5.41, 5.74) is -0.657. The summed E-state index contributed by atoms with van der Waals surface area (Å²) >= 11 is 0. The molecular weight excluding hydrogens is 374 g/mol. The molecule has 156 valence electrons. The van der Waals surface area contributed by atoms with Gasteiger partial charge in [-0.3, -0.25) is 9.59 Å². The molecule has 1 fully saturated rings. The molecule has 0 saturated heterocycles. The molecule has 2 aromatic rings. The van der Waals surface area contributed by atoms with Crippen LogP contribution in [0.2, 0.25) is 0 Å². The molecule has 0 bridgehead atoms.